The summed E-state index contributed by atoms with van der Waals surface area (Å²) in [7, 11) is 1.82. The van der Waals surface area contributed by atoms with E-state index in [0.29, 0.717) is 5.02 Å². The first kappa shape index (κ1) is 13.0. The highest BCUT2D eigenvalue weighted by Crippen LogP contribution is 2.29. The number of benzene rings is 1. The first-order valence-electron chi connectivity index (χ1n) is 5.67. The van der Waals surface area contributed by atoms with E-state index < -0.39 is 0 Å². The maximum Gasteiger partial charge on any atom is 0.123 e. The summed E-state index contributed by atoms with van der Waals surface area (Å²) in [5.74, 6) is -0.295. The van der Waals surface area contributed by atoms with Gasteiger partial charge >= 0.3 is 0 Å². The summed E-state index contributed by atoms with van der Waals surface area (Å²) in [5, 5.41) is 3.69. The predicted octanol–water partition coefficient (Wildman–Crippen LogP) is 3.49. The predicted molar refractivity (Wildman–Crippen MR) is 71.3 cm³/mol. The molecule has 94 valence electrons. The maximum atomic E-state index is 13.4. The van der Waals surface area contributed by atoms with Gasteiger partial charge < -0.3 is 5.32 Å². The van der Waals surface area contributed by atoms with Crippen LogP contribution in [0.5, 0.6) is 0 Å². The van der Waals surface area contributed by atoms with Crippen LogP contribution in [0.25, 0.3) is 0 Å². The van der Waals surface area contributed by atoms with Crippen LogP contribution >= 0.6 is 11.6 Å². The van der Waals surface area contributed by atoms with Gasteiger partial charge in [0, 0.05) is 16.9 Å². The Hall–Kier alpha value is -1.45. The molecule has 18 heavy (non-hydrogen) atoms. The van der Waals surface area contributed by atoms with Gasteiger partial charge in [-0.3, -0.25) is 4.98 Å². The van der Waals surface area contributed by atoms with Crippen LogP contribution in [0.2, 0.25) is 5.02 Å². The third-order valence-corrected chi connectivity index (χ3v) is 3.26. The van der Waals surface area contributed by atoms with Crippen molar-refractivity contribution in [3.63, 3.8) is 0 Å². The Kier molecular flexibility index (Phi) is 3.94. The maximum absolute atomic E-state index is 13.4. The molecule has 0 fully saturated rings. The highest BCUT2D eigenvalue weighted by molar-refractivity contribution is 6.31. The van der Waals surface area contributed by atoms with Gasteiger partial charge in [-0.1, -0.05) is 17.7 Å². The largest absolute Gasteiger partial charge is 0.309 e. The minimum absolute atomic E-state index is 0.165. The summed E-state index contributed by atoms with van der Waals surface area (Å²) < 4.78 is 13.4. The SMILES string of the molecule is CNC(c1cc(F)ccc1Cl)c1cccnc1C. The number of halogens is 2. The van der Waals surface area contributed by atoms with Crippen LogP contribution in [0, 0.1) is 12.7 Å². The molecule has 1 heterocycles. The van der Waals surface area contributed by atoms with Gasteiger partial charge in [-0.05, 0) is 49.4 Å². The number of hydrogen-bond donors (Lipinski definition) is 1. The zero-order valence-electron chi connectivity index (χ0n) is 10.2. The first-order valence-corrected chi connectivity index (χ1v) is 6.05. The molecule has 1 unspecified atom stereocenters. The van der Waals surface area contributed by atoms with E-state index >= 15 is 0 Å². The standard InChI is InChI=1S/C14H14ClFN2/c1-9-11(4-3-7-18-9)14(17-2)12-8-10(16)5-6-13(12)15/h3-8,14,17H,1-2H3. The number of hydrogen-bond acceptors (Lipinski definition) is 2. The lowest BCUT2D eigenvalue weighted by molar-refractivity contribution is 0.616. The lowest BCUT2D eigenvalue weighted by Crippen LogP contribution is -2.19. The van der Waals surface area contributed by atoms with Gasteiger partial charge in [-0.15, -0.1) is 0 Å². The summed E-state index contributed by atoms with van der Waals surface area (Å²) >= 11 is 6.14. The second-order valence-corrected chi connectivity index (χ2v) is 4.47. The van der Waals surface area contributed by atoms with E-state index in [9.17, 15) is 4.39 Å². The zero-order valence-corrected chi connectivity index (χ0v) is 11.0. The number of nitrogens with zero attached hydrogens (tertiary/aromatic N) is 1. The summed E-state index contributed by atoms with van der Waals surface area (Å²) in [6.07, 6.45) is 1.73. The Balaban J connectivity index is 2.52. The highest BCUT2D eigenvalue weighted by Gasteiger charge is 2.17. The molecule has 0 aliphatic carbocycles. The molecule has 1 atom stereocenters. The smallest absolute Gasteiger partial charge is 0.123 e. The van der Waals surface area contributed by atoms with Crippen LogP contribution in [-0.2, 0) is 0 Å². The van der Waals surface area contributed by atoms with E-state index in [4.69, 9.17) is 11.6 Å². The summed E-state index contributed by atoms with van der Waals surface area (Å²) in [5.41, 5.74) is 2.61. The molecular weight excluding hydrogens is 251 g/mol. The molecule has 1 aromatic heterocycles. The number of aromatic nitrogens is 1. The number of aryl methyl sites for hydroxylation is 1. The molecule has 0 radical (unpaired) electrons. The van der Waals surface area contributed by atoms with Gasteiger partial charge in [0.2, 0.25) is 0 Å². The molecular formula is C14H14ClFN2. The third-order valence-electron chi connectivity index (χ3n) is 2.92. The number of rotatable bonds is 3. The summed E-state index contributed by atoms with van der Waals surface area (Å²) in [6, 6.07) is 8.04. The van der Waals surface area contributed by atoms with Crippen molar-refractivity contribution in [2.45, 2.75) is 13.0 Å². The van der Waals surface area contributed by atoms with Crippen LogP contribution in [0.15, 0.2) is 36.5 Å². The van der Waals surface area contributed by atoms with Gasteiger partial charge in [-0.2, -0.15) is 0 Å². The Morgan fingerprint density at radius 1 is 1.28 bits per heavy atom. The van der Waals surface area contributed by atoms with Crippen LogP contribution in [0.4, 0.5) is 4.39 Å². The highest BCUT2D eigenvalue weighted by atomic mass is 35.5. The van der Waals surface area contributed by atoms with Crippen molar-refractivity contribution in [2.24, 2.45) is 0 Å². The van der Waals surface area contributed by atoms with E-state index in [2.05, 4.69) is 10.3 Å². The van der Waals surface area contributed by atoms with Gasteiger partial charge in [0.25, 0.3) is 0 Å². The molecule has 0 aliphatic rings. The van der Waals surface area contributed by atoms with Gasteiger partial charge in [-0.25, -0.2) is 4.39 Å². The van der Waals surface area contributed by atoms with Crippen molar-refractivity contribution in [2.75, 3.05) is 7.05 Å². The molecule has 0 spiro atoms. The molecule has 1 N–H and O–H groups in total. The topological polar surface area (TPSA) is 24.9 Å². The van der Waals surface area contributed by atoms with Crippen molar-refractivity contribution in [1.29, 1.82) is 0 Å². The lowest BCUT2D eigenvalue weighted by Gasteiger charge is -2.20. The van der Waals surface area contributed by atoms with Crippen molar-refractivity contribution >= 4 is 11.6 Å². The second-order valence-electron chi connectivity index (χ2n) is 4.07. The van der Waals surface area contributed by atoms with Crippen LogP contribution < -0.4 is 5.32 Å². The molecule has 1 aromatic carbocycles. The molecule has 2 nitrogen and oxygen atoms in total. The minimum atomic E-state index is -0.295. The Labute approximate surface area is 111 Å². The fraction of sp³-hybridized carbons (Fsp3) is 0.214. The quantitative estimate of drug-likeness (QED) is 0.918. The van der Waals surface area contributed by atoms with Gasteiger partial charge in [0.15, 0.2) is 0 Å². The second kappa shape index (κ2) is 5.46. The van der Waals surface area contributed by atoms with E-state index in [-0.39, 0.29) is 11.9 Å². The summed E-state index contributed by atoms with van der Waals surface area (Å²) in [4.78, 5) is 4.25. The van der Waals surface area contributed by atoms with Crippen molar-refractivity contribution in [1.82, 2.24) is 10.3 Å². The zero-order chi connectivity index (χ0) is 13.1. The Morgan fingerprint density at radius 2 is 2.06 bits per heavy atom. The Bertz CT molecular complexity index is 557. The van der Waals surface area contributed by atoms with E-state index in [1.807, 2.05) is 26.1 Å². The molecule has 0 saturated carbocycles. The normalized spacial score (nSPS) is 12.4. The average Bonchev–Trinajstić information content (AvgIpc) is 2.36. The van der Waals surface area contributed by atoms with E-state index in [0.717, 1.165) is 16.8 Å². The van der Waals surface area contributed by atoms with Crippen LogP contribution in [-0.4, -0.2) is 12.0 Å². The van der Waals surface area contributed by atoms with E-state index in [1.165, 1.54) is 12.1 Å². The number of pyridine rings is 1. The van der Waals surface area contributed by atoms with Crippen molar-refractivity contribution < 1.29 is 4.39 Å². The Morgan fingerprint density at radius 3 is 2.72 bits per heavy atom. The fourth-order valence-electron chi connectivity index (χ4n) is 2.02. The first-order chi connectivity index (χ1) is 8.63. The molecule has 0 bridgehead atoms. The molecule has 4 heteroatoms. The molecule has 0 aliphatic heterocycles. The van der Waals surface area contributed by atoms with Crippen molar-refractivity contribution in [3.8, 4) is 0 Å². The summed E-state index contributed by atoms with van der Waals surface area (Å²) in [6.45, 7) is 1.92. The van der Waals surface area contributed by atoms with E-state index in [1.54, 1.807) is 12.3 Å². The molecule has 0 amide bonds. The lowest BCUT2D eigenvalue weighted by atomic mass is 9.97. The third kappa shape index (κ3) is 2.52. The molecule has 2 rings (SSSR count). The monoisotopic (exact) mass is 264 g/mol. The van der Waals surface area contributed by atoms with Gasteiger partial charge in [0.05, 0.1) is 6.04 Å². The number of nitrogens with one attached hydrogen (secondary N) is 1. The minimum Gasteiger partial charge on any atom is -0.309 e. The molecule has 0 saturated heterocycles. The average molecular weight is 265 g/mol. The van der Waals surface area contributed by atoms with Gasteiger partial charge in [0.1, 0.15) is 5.82 Å². The van der Waals surface area contributed by atoms with Crippen molar-refractivity contribution in [3.05, 3.63) is 64.2 Å². The van der Waals surface area contributed by atoms with Crippen LogP contribution in [0.3, 0.4) is 0 Å². The fourth-order valence-corrected chi connectivity index (χ4v) is 2.24. The molecule has 2 aromatic rings. The van der Waals surface area contributed by atoms with Crippen LogP contribution in [0.1, 0.15) is 22.9 Å².